The van der Waals surface area contributed by atoms with Crippen LogP contribution >= 0.6 is 0 Å². The molecule has 0 atom stereocenters. The number of hydrogen-bond donors (Lipinski definition) is 1. The number of methoxy groups -OCH3 is 2. The Hall–Kier alpha value is -2.49. The molecule has 0 heterocycles. The van der Waals surface area contributed by atoms with E-state index in [1.165, 1.54) is 20.3 Å². The van der Waals surface area contributed by atoms with Crippen LogP contribution in [0.1, 0.15) is 21.5 Å². The van der Waals surface area contributed by atoms with Gasteiger partial charge in [0.2, 0.25) is 0 Å². The maximum atomic E-state index is 11.4. The SMILES string of the molecule is COc1cc(Cc2ccccc2)c(C(=O)O)cc1OC. The number of hydrogen-bond acceptors (Lipinski definition) is 3. The molecule has 4 nitrogen and oxygen atoms in total. The summed E-state index contributed by atoms with van der Waals surface area (Å²) in [4.78, 5) is 11.4. The molecule has 0 aromatic heterocycles. The average Bonchev–Trinajstić information content (AvgIpc) is 2.47. The van der Waals surface area contributed by atoms with E-state index < -0.39 is 5.97 Å². The molecule has 0 saturated carbocycles. The maximum absolute atomic E-state index is 11.4. The van der Waals surface area contributed by atoms with Crippen molar-refractivity contribution in [2.75, 3.05) is 14.2 Å². The average molecular weight is 272 g/mol. The third kappa shape index (κ3) is 2.91. The lowest BCUT2D eigenvalue weighted by molar-refractivity contribution is 0.0695. The molecule has 0 aliphatic rings. The zero-order valence-corrected chi connectivity index (χ0v) is 11.4. The van der Waals surface area contributed by atoms with Gasteiger partial charge < -0.3 is 14.6 Å². The van der Waals surface area contributed by atoms with Gasteiger partial charge in [0.25, 0.3) is 0 Å². The summed E-state index contributed by atoms with van der Waals surface area (Å²) in [5, 5.41) is 9.33. The van der Waals surface area contributed by atoms with Gasteiger partial charge in [0, 0.05) is 0 Å². The summed E-state index contributed by atoms with van der Waals surface area (Å²) in [5.41, 5.74) is 1.97. The second-order valence-electron chi connectivity index (χ2n) is 4.33. The van der Waals surface area contributed by atoms with Crippen molar-refractivity contribution in [3.63, 3.8) is 0 Å². The van der Waals surface area contributed by atoms with Crippen molar-refractivity contribution in [2.24, 2.45) is 0 Å². The first kappa shape index (κ1) is 13.9. The molecule has 0 aliphatic heterocycles. The van der Waals surface area contributed by atoms with Crippen LogP contribution in [0.5, 0.6) is 11.5 Å². The summed E-state index contributed by atoms with van der Waals surface area (Å²) >= 11 is 0. The lowest BCUT2D eigenvalue weighted by Gasteiger charge is -2.13. The lowest BCUT2D eigenvalue weighted by Crippen LogP contribution is -2.05. The minimum atomic E-state index is -0.975. The van der Waals surface area contributed by atoms with E-state index in [0.29, 0.717) is 23.5 Å². The van der Waals surface area contributed by atoms with Gasteiger partial charge in [-0.25, -0.2) is 4.79 Å². The monoisotopic (exact) mass is 272 g/mol. The van der Waals surface area contributed by atoms with Crippen LogP contribution in [0.25, 0.3) is 0 Å². The molecular weight excluding hydrogens is 256 g/mol. The fraction of sp³-hybridized carbons (Fsp3) is 0.188. The first-order valence-corrected chi connectivity index (χ1v) is 6.17. The summed E-state index contributed by atoms with van der Waals surface area (Å²) in [5.74, 6) is -0.0259. The molecule has 0 spiro atoms. The molecule has 0 bridgehead atoms. The van der Waals surface area contributed by atoms with Crippen LogP contribution in [-0.2, 0) is 6.42 Å². The van der Waals surface area contributed by atoms with E-state index in [-0.39, 0.29) is 5.56 Å². The minimum Gasteiger partial charge on any atom is -0.493 e. The van der Waals surface area contributed by atoms with Crippen LogP contribution in [0.15, 0.2) is 42.5 Å². The van der Waals surface area contributed by atoms with Gasteiger partial charge in [0.1, 0.15) is 0 Å². The standard InChI is InChI=1S/C16H16O4/c1-19-14-9-12(8-11-6-4-3-5-7-11)13(16(17)18)10-15(14)20-2/h3-7,9-10H,8H2,1-2H3,(H,17,18). The van der Waals surface area contributed by atoms with Crippen molar-refractivity contribution < 1.29 is 19.4 Å². The van der Waals surface area contributed by atoms with Gasteiger partial charge in [0.05, 0.1) is 19.8 Å². The van der Waals surface area contributed by atoms with Crippen LogP contribution in [0.4, 0.5) is 0 Å². The Kier molecular flexibility index (Phi) is 4.25. The van der Waals surface area contributed by atoms with E-state index in [9.17, 15) is 9.90 Å². The highest BCUT2D eigenvalue weighted by molar-refractivity contribution is 5.90. The zero-order valence-electron chi connectivity index (χ0n) is 11.4. The molecule has 0 radical (unpaired) electrons. The molecule has 2 aromatic rings. The number of ether oxygens (including phenoxy) is 2. The van der Waals surface area contributed by atoms with E-state index >= 15 is 0 Å². The Balaban J connectivity index is 2.47. The smallest absolute Gasteiger partial charge is 0.336 e. The van der Waals surface area contributed by atoms with Gasteiger partial charge in [-0.05, 0) is 29.7 Å². The van der Waals surface area contributed by atoms with E-state index in [1.54, 1.807) is 6.07 Å². The number of benzene rings is 2. The van der Waals surface area contributed by atoms with E-state index in [1.807, 2.05) is 30.3 Å². The second-order valence-corrected chi connectivity index (χ2v) is 4.33. The molecule has 0 unspecified atom stereocenters. The highest BCUT2D eigenvalue weighted by Gasteiger charge is 2.16. The molecule has 0 amide bonds. The van der Waals surface area contributed by atoms with Crippen LogP contribution in [0.3, 0.4) is 0 Å². The first-order chi connectivity index (χ1) is 9.65. The summed E-state index contributed by atoms with van der Waals surface area (Å²) in [6.07, 6.45) is 0.531. The van der Waals surface area contributed by atoms with Crippen LogP contribution in [0, 0.1) is 0 Å². The van der Waals surface area contributed by atoms with Crippen molar-refractivity contribution in [1.82, 2.24) is 0 Å². The summed E-state index contributed by atoms with van der Waals surface area (Å²) in [7, 11) is 3.02. The van der Waals surface area contributed by atoms with Crippen molar-refractivity contribution >= 4 is 5.97 Å². The fourth-order valence-electron chi connectivity index (χ4n) is 2.08. The van der Waals surface area contributed by atoms with E-state index in [4.69, 9.17) is 9.47 Å². The number of rotatable bonds is 5. The molecule has 0 fully saturated rings. The van der Waals surface area contributed by atoms with Gasteiger partial charge in [0.15, 0.2) is 11.5 Å². The number of aromatic carboxylic acids is 1. The van der Waals surface area contributed by atoms with Crippen molar-refractivity contribution in [2.45, 2.75) is 6.42 Å². The van der Waals surface area contributed by atoms with E-state index in [2.05, 4.69) is 0 Å². The second kappa shape index (κ2) is 6.10. The minimum absolute atomic E-state index is 0.228. The molecule has 20 heavy (non-hydrogen) atoms. The lowest BCUT2D eigenvalue weighted by atomic mass is 9.99. The highest BCUT2D eigenvalue weighted by atomic mass is 16.5. The zero-order chi connectivity index (χ0) is 14.5. The molecule has 1 N–H and O–H groups in total. The molecular formula is C16H16O4. The maximum Gasteiger partial charge on any atom is 0.336 e. The number of carboxylic acids is 1. The predicted molar refractivity (Wildman–Crippen MR) is 75.8 cm³/mol. The van der Waals surface area contributed by atoms with Crippen molar-refractivity contribution in [1.29, 1.82) is 0 Å². The number of carboxylic acid groups (broad SMARTS) is 1. The Morgan fingerprint density at radius 1 is 1.05 bits per heavy atom. The normalized spacial score (nSPS) is 10.1. The molecule has 4 heteroatoms. The van der Waals surface area contributed by atoms with Crippen molar-refractivity contribution in [3.05, 3.63) is 59.2 Å². The fourth-order valence-corrected chi connectivity index (χ4v) is 2.08. The molecule has 0 saturated heterocycles. The first-order valence-electron chi connectivity index (χ1n) is 6.17. The molecule has 2 rings (SSSR count). The van der Waals surface area contributed by atoms with Gasteiger partial charge in [-0.3, -0.25) is 0 Å². The summed E-state index contributed by atoms with van der Waals surface area (Å²) in [6.45, 7) is 0. The third-order valence-electron chi connectivity index (χ3n) is 3.08. The van der Waals surface area contributed by atoms with Gasteiger partial charge in [-0.15, -0.1) is 0 Å². The predicted octanol–water partition coefficient (Wildman–Crippen LogP) is 2.99. The Labute approximate surface area is 117 Å². The molecule has 0 aliphatic carbocycles. The highest BCUT2D eigenvalue weighted by Crippen LogP contribution is 2.31. The topological polar surface area (TPSA) is 55.8 Å². The van der Waals surface area contributed by atoms with Gasteiger partial charge >= 0.3 is 5.97 Å². The Bertz CT molecular complexity index is 605. The Morgan fingerprint density at radius 2 is 1.65 bits per heavy atom. The van der Waals surface area contributed by atoms with Crippen LogP contribution in [0.2, 0.25) is 0 Å². The molecule has 104 valence electrons. The van der Waals surface area contributed by atoms with Gasteiger partial charge in [-0.2, -0.15) is 0 Å². The quantitative estimate of drug-likeness (QED) is 0.909. The Morgan fingerprint density at radius 3 is 2.20 bits per heavy atom. The number of carbonyl (C=O) groups is 1. The molecule has 2 aromatic carbocycles. The van der Waals surface area contributed by atoms with E-state index in [0.717, 1.165) is 5.56 Å². The van der Waals surface area contributed by atoms with Gasteiger partial charge in [-0.1, -0.05) is 30.3 Å². The third-order valence-corrected chi connectivity index (χ3v) is 3.08. The summed E-state index contributed by atoms with van der Waals surface area (Å²) < 4.78 is 10.4. The summed E-state index contributed by atoms with van der Waals surface area (Å²) in [6, 6.07) is 12.9. The van der Waals surface area contributed by atoms with Crippen molar-refractivity contribution in [3.8, 4) is 11.5 Å². The van der Waals surface area contributed by atoms with Crippen LogP contribution in [-0.4, -0.2) is 25.3 Å². The van der Waals surface area contributed by atoms with Crippen LogP contribution < -0.4 is 9.47 Å². The largest absolute Gasteiger partial charge is 0.493 e.